The first-order valence-corrected chi connectivity index (χ1v) is 13.8. The van der Waals surface area contributed by atoms with E-state index < -0.39 is 17.6 Å². The molecule has 0 radical (unpaired) electrons. The minimum Gasteiger partial charge on any atom is -0.506 e. The molecule has 0 bridgehead atoms. The Labute approximate surface area is 235 Å². The fourth-order valence-electron chi connectivity index (χ4n) is 4.17. The number of carbonyl (C=O) groups excluding carboxylic acids is 1. The maximum absolute atomic E-state index is 13.9. The van der Waals surface area contributed by atoms with E-state index >= 15 is 0 Å². The van der Waals surface area contributed by atoms with Crippen molar-refractivity contribution in [1.82, 2.24) is 4.57 Å². The average Bonchev–Trinajstić information content (AvgIpc) is 3.16. The summed E-state index contributed by atoms with van der Waals surface area (Å²) < 4.78 is 13.4. The third-order valence-electron chi connectivity index (χ3n) is 5.72. The maximum Gasteiger partial charge on any atom is 0.338 e. The fourth-order valence-corrected chi connectivity index (χ4v) is 6.20. The minimum absolute atomic E-state index is 0.143. The number of nitrogens with zero attached hydrogens (tertiary/aromatic N) is 2. The van der Waals surface area contributed by atoms with Gasteiger partial charge in [-0.05, 0) is 49.8 Å². The smallest absolute Gasteiger partial charge is 0.338 e. The molecule has 1 aliphatic heterocycles. The number of benzene rings is 2. The summed E-state index contributed by atoms with van der Waals surface area (Å²) in [7, 11) is 1.51. The number of thiazole rings is 1. The van der Waals surface area contributed by atoms with Crippen LogP contribution in [0.4, 0.5) is 0 Å². The first-order chi connectivity index (χ1) is 17.7. The molecular formula is C26H23BrCl2N2O5S. The van der Waals surface area contributed by atoms with Crippen molar-refractivity contribution in [2.24, 2.45) is 4.99 Å². The van der Waals surface area contributed by atoms with Crippen LogP contribution in [0, 0.1) is 0 Å². The number of halogens is 3. The van der Waals surface area contributed by atoms with Gasteiger partial charge in [0.1, 0.15) is 17.5 Å². The van der Waals surface area contributed by atoms with E-state index in [0.29, 0.717) is 47.8 Å². The summed E-state index contributed by atoms with van der Waals surface area (Å²) in [5.41, 5.74) is 1.29. The van der Waals surface area contributed by atoms with Crippen LogP contribution in [-0.4, -0.2) is 29.4 Å². The number of hydrogen-bond donors (Lipinski definition) is 1. The fraction of sp³-hybridized carbons (Fsp3) is 0.269. The predicted octanol–water partition coefficient (Wildman–Crippen LogP) is 5.36. The molecule has 1 atom stereocenters. The molecule has 0 spiro atoms. The van der Waals surface area contributed by atoms with Crippen LogP contribution in [0.3, 0.4) is 0 Å². The van der Waals surface area contributed by atoms with Crippen LogP contribution in [0.1, 0.15) is 43.9 Å². The van der Waals surface area contributed by atoms with Gasteiger partial charge in [-0.3, -0.25) is 9.36 Å². The van der Waals surface area contributed by atoms with E-state index in [4.69, 9.17) is 37.7 Å². The molecule has 0 fully saturated rings. The number of allylic oxidation sites excluding steroid dienone is 1. The van der Waals surface area contributed by atoms with Crippen LogP contribution in [0.2, 0.25) is 10.0 Å². The molecule has 2 heterocycles. The molecule has 0 amide bonds. The molecule has 11 heteroatoms. The Hall–Kier alpha value is -2.59. The van der Waals surface area contributed by atoms with Crippen LogP contribution in [-0.2, 0) is 9.53 Å². The van der Waals surface area contributed by atoms with E-state index in [1.165, 1.54) is 11.7 Å². The highest BCUT2D eigenvalue weighted by Gasteiger charge is 2.36. The van der Waals surface area contributed by atoms with Crippen molar-refractivity contribution in [1.29, 1.82) is 0 Å². The lowest BCUT2D eigenvalue weighted by molar-refractivity contribution is -0.139. The van der Waals surface area contributed by atoms with Gasteiger partial charge in [-0.1, -0.05) is 63.8 Å². The van der Waals surface area contributed by atoms with Crippen molar-refractivity contribution < 1.29 is 19.4 Å². The molecular weight excluding hydrogens is 603 g/mol. The zero-order chi connectivity index (χ0) is 26.9. The van der Waals surface area contributed by atoms with Gasteiger partial charge in [0.25, 0.3) is 5.56 Å². The average molecular weight is 626 g/mol. The molecule has 0 saturated heterocycles. The van der Waals surface area contributed by atoms with E-state index in [-0.39, 0.29) is 23.0 Å². The molecule has 37 heavy (non-hydrogen) atoms. The van der Waals surface area contributed by atoms with Crippen LogP contribution >= 0.6 is 50.5 Å². The van der Waals surface area contributed by atoms with Crippen molar-refractivity contribution in [2.75, 3.05) is 13.7 Å². The van der Waals surface area contributed by atoms with Crippen molar-refractivity contribution in [3.05, 3.63) is 86.9 Å². The number of phenols is 1. The summed E-state index contributed by atoms with van der Waals surface area (Å²) in [5.74, 6) is -0.255. The zero-order valence-corrected chi connectivity index (χ0v) is 24.1. The SMILES string of the molecule is CCCC1=C(C(=O)OCC)[C@H](c2cc(Cl)ccc2OC)n2c(s/c(=C/c3cc(Br)cc(Cl)c3O)c2=O)=N1. The lowest BCUT2D eigenvalue weighted by Crippen LogP contribution is -2.40. The second kappa shape index (κ2) is 11.4. The topological polar surface area (TPSA) is 90.1 Å². The number of aromatic hydroxyl groups is 1. The Balaban J connectivity index is 2.08. The number of methoxy groups -OCH3 is 1. The molecule has 2 aromatic carbocycles. The monoisotopic (exact) mass is 624 g/mol. The lowest BCUT2D eigenvalue weighted by Gasteiger charge is -2.27. The number of carbonyl (C=O) groups is 1. The first-order valence-electron chi connectivity index (χ1n) is 11.4. The van der Waals surface area contributed by atoms with Gasteiger partial charge in [0.15, 0.2) is 4.80 Å². The van der Waals surface area contributed by atoms with Gasteiger partial charge in [-0.25, -0.2) is 9.79 Å². The first kappa shape index (κ1) is 27.4. The van der Waals surface area contributed by atoms with Crippen LogP contribution in [0.15, 0.2) is 55.9 Å². The van der Waals surface area contributed by atoms with Crippen LogP contribution in [0.5, 0.6) is 11.5 Å². The molecule has 1 N–H and O–H groups in total. The standard InChI is InChI=1S/C26H23BrCl2N2O5S/c1-4-6-18-21(25(34)36-5-2)22(16-12-15(28)7-8-19(16)35-3)31-24(33)20(37-26(31)30-18)10-13-9-14(27)11-17(29)23(13)32/h7-12,22,32H,4-6H2,1-3H3/b20-10+/t22-/m0/s1. The van der Waals surface area contributed by atoms with Crippen LogP contribution < -0.4 is 19.6 Å². The highest BCUT2D eigenvalue weighted by molar-refractivity contribution is 9.10. The second-order valence-electron chi connectivity index (χ2n) is 8.13. The van der Waals surface area contributed by atoms with E-state index in [1.807, 2.05) is 6.92 Å². The van der Waals surface area contributed by atoms with Gasteiger partial charge in [-0.2, -0.15) is 0 Å². The van der Waals surface area contributed by atoms with Gasteiger partial charge < -0.3 is 14.6 Å². The number of rotatable bonds is 7. The highest BCUT2D eigenvalue weighted by Crippen LogP contribution is 2.38. The van der Waals surface area contributed by atoms with E-state index in [9.17, 15) is 14.7 Å². The van der Waals surface area contributed by atoms with Crippen LogP contribution in [0.25, 0.3) is 6.08 Å². The number of ether oxygens (including phenoxy) is 2. The molecule has 194 valence electrons. The van der Waals surface area contributed by atoms with Gasteiger partial charge in [-0.15, -0.1) is 0 Å². The Morgan fingerprint density at radius 1 is 1.27 bits per heavy atom. The highest BCUT2D eigenvalue weighted by atomic mass is 79.9. The normalized spacial score (nSPS) is 15.4. The number of fused-ring (bicyclic) bond motifs is 1. The third kappa shape index (κ3) is 5.36. The quantitative estimate of drug-likeness (QED) is 0.357. The van der Waals surface area contributed by atoms with Gasteiger partial charge in [0.05, 0.1) is 34.5 Å². The number of phenolic OH excluding ortho intramolecular Hbond substituents is 1. The minimum atomic E-state index is -0.882. The third-order valence-corrected chi connectivity index (χ3v) is 7.69. The Kier molecular flexibility index (Phi) is 8.48. The van der Waals surface area contributed by atoms with E-state index in [2.05, 4.69) is 15.9 Å². The Bertz CT molecular complexity index is 1600. The molecule has 3 aromatic rings. The maximum atomic E-state index is 13.9. The summed E-state index contributed by atoms with van der Waals surface area (Å²) in [6.07, 6.45) is 2.77. The van der Waals surface area contributed by atoms with Gasteiger partial charge in [0, 0.05) is 20.6 Å². The van der Waals surface area contributed by atoms with Gasteiger partial charge in [0.2, 0.25) is 0 Å². The Morgan fingerprint density at radius 3 is 2.70 bits per heavy atom. The molecule has 1 aliphatic rings. The summed E-state index contributed by atoms with van der Waals surface area (Å²) in [5, 5.41) is 11.0. The summed E-state index contributed by atoms with van der Waals surface area (Å²) in [6.45, 7) is 3.86. The second-order valence-corrected chi connectivity index (χ2v) is 10.9. The predicted molar refractivity (Wildman–Crippen MR) is 148 cm³/mol. The van der Waals surface area contributed by atoms with Gasteiger partial charge >= 0.3 is 5.97 Å². The molecule has 0 unspecified atom stereocenters. The van der Waals surface area contributed by atoms with E-state index in [0.717, 1.165) is 17.8 Å². The van der Waals surface area contributed by atoms with Crippen molar-refractivity contribution >= 4 is 62.5 Å². The summed E-state index contributed by atoms with van der Waals surface area (Å²) >= 11 is 17.0. The lowest BCUT2D eigenvalue weighted by atomic mass is 9.93. The molecule has 0 saturated carbocycles. The summed E-state index contributed by atoms with van der Waals surface area (Å²) in [4.78, 5) is 32.3. The molecule has 4 rings (SSSR count). The number of aromatic nitrogens is 1. The van der Waals surface area contributed by atoms with Crippen molar-refractivity contribution in [2.45, 2.75) is 32.7 Å². The zero-order valence-electron chi connectivity index (χ0n) is 20.2. The molecule has 1 aromatic heterocycles. The van der Waals surface area contributed by atoms with Crippen molar-refractivity contribution in [3.8, 4) is 11.5 Å². The molecule has 7 nitrogen and oxygen atoms in total. The molecule has 0 aliphatic carbocycles. The largest absolute Gasteiger partial charge is 0.506 e. The number of hydrogen-bond acceptors (Lipinski definition) is 7. The number of esters is 1. The summed E-state index contributed by atoms with van der Waals surface area (Å²) in [6, 6.07) is 7.38. The Morgan fingerprint density at radius 2 is 2.03 bits per heavy atom. The van der Waals surface area contributed by atoms with E-state index in [1.54, 1.807) is 43.3 Å². The van der Waals surface area contributed by atoms with Crippen molar-refractivity contribution in [3.63, 3.8) is 0 Å².